The minimum Gasteiger partial charge on any atom is -0.444 e. The number of carbonyl (C=O) groups excluding carboxylic acids is 1. The van der Waals surface area contributed by atoms with Gasteiger partial charge in [0.05, 0.1) is 10.9 Å². The zero-order valence-corrected chi connectivity index (χ0v) is 16.5. The Morgan fingerprint density at radius 3 is 2.85 bits per heavy atom. The van der Waals surface area contributed by atoms with Gasteiger partial charge in [-0.25, -0.2) is 19.2 Å². The SMILES string of the molecule is CC(C)(C)OC(=O)N[C@@]12C[C@@H]1CN(c1nc(Cl)nc3c(F)c(Cl)ncc13)C2. The summed E-state index contributed by atoms with van der Waals surface area (Å²) in [7, 11) is 0. The maximum absolute atomic E-state index is 14.3. The van der Waals surface area contributed by atoms with Gasteiger partial charge in [-0.3, -0.25) is 0 Å². The summed E-state index contributed by atoms with van der Waals surface area (Å²) in [5, 5.41) is 3.06. The average Bonchev–Trinajstić information content (AvgIpc) is 3.08. The second kappa shape index (κ2) is 6.04. The minimum absolute atomic E-state index is 0.0275. The van der Waals surface area contributed by atoms with Gasteiger partial charge in [-0.15, -0.1) is 0 Å². The van der Waals surface area contributed by atoms with Crippen molar-refractivity contribution in [2.45, 2.75) is 38.3 Å². The van der Waals surface area contributed by atoms with E-state index < -0.39 is 17.5 Å². The van der Waals surface area contributed by atoms with Gasteiger partial charge in [-0.2, -0.15) is 4.98 Å². The molecule has 2 fully saturated rings. The van der Waals surface area contributed by atoms with E-state index in [1.807, 2.05) is 25.7 Å². The van der Waals surface area contributed by atoms with E-state index in [1.54, 1.807) is 0 Å². The number of amides is 1. The fourth-order valence-electron chi connectivity index (χ4n) is 3.58. The lowest BCUT2D eigenvalue weighted by atomic mass is 10.2. The molecule has 144 valence electrons. The van der Waals surface area contributed by atoms with Crippen LogP contribution < -0.4 is 10.2 Å². The number of rotatable bonds is 2. The maximum Gasteiger partial charge on any atom is 0.408 e. The van der Waals surface area contributed by atoms with Gasteiger partial charge in [0, 0.05) is 25.2 Å². The zero-order valence-electron chi connectivity index (χ0n) is 15.0. The molecule has 1 aliphatic heterocycles. The summed E-state index contributed by atoms with van der Waals surface area (Å²) in [6.07, 6.45) is 1.85. The number of halogens is 3. The highest BCUT2D eigenvalue weighted by atomic mass is 35.5. The quantitative estimate of drug-likeness (QED) is 0.598. The summed E-state index contributed by atoms with van der Waals surface area (Å²) in [4.78, 5) is 26.2. The van der Waals surface area contributed by atoms with Crippen molar-refractivity contribution >= 4 is 46.0 Å². The number of aromatic nitrogens is 3. The summed E-state index contributed by atoms with van der Waals surface area (Å²) in [5.74, 6) is 0.00946. The number of hydrogen-bond acceptors (Lipinski definition) is 6. The fraction of sp³-hybridized carbons (Fsp3) is 0.529. The topological polar surface area (TPSA) is 80.2 Å². The number of anilines is 1. The zero-order chi connectivity index (χ0) is 19.6. The first-order chi connectivity index (χ1) is 12.6. The molecule has 10 heteroatoms. The third kappa shape index (κ3) is 3.36. The summed E-state index contributed by atoms with van der Waals surface area (Å²) in [6.45, 7) is 6.62. The molecule has 2 aromatic rings. The highest BCUT2D eigenvalue weighted by Gasteiger charge is 2.61. The molecule has 2 aromatic heterocycles. The lowest BCUT2D eigenvalue weighted by Crippen LogP contribution is -2.44. The van der Waals surface area contributed by atoms with E-state index in [0.29, 0.717) is 24.3 Å². The van der Waals surface area contributed by atoms with Crippen LogP contribution in [0.15, 0.2) is 6.20 Å². The average molecular weight is 414 g/mol. The molecular weight excluding hydrogens is 396 g/mol. The van der Waals surface area contributed by atoms with Crippen molar-refractivity contribution in [3.8, 4) is 0 Å². The van der Waals surface area contributed by atoms with Crippen LogP contribution in [0.2, 0.25) is 10.4 Å². The molecular formula is C17H18Cl2FN5O2. The van der Waals surface area contributed by atoms with E-state index in [4.69, 9.17) is 27.9 Å². The van der Waals surface area contributed by atoms with Gasteiger partial charge >= 0.3 is 6.09 Å². The Balaban J connectivity index is 1.60. The molecule has 1 saturated heterocycles. The van der Waals surface area contributed by atoms with Gasteiger partial charge in [0.25, 0.3) is 0 Å². The highest BCUT2D eigenvalue weighted by molar-refractivity contribution is 6.30. The van der Waals surface area contributed by atoms with Crippen LogP contribution in [0.3, 0.4) is 0 Å². The van der Waals surface area contributed by atoms with Gasteiger partial charge in [-0.05, 0) is 38.8 Å². The first-order valence-electron chi connectivity index (χ1n) is 8.51. The van der Waals surface area contributed by atoms with Gasteiger partial charge < -0.3 is 15.0 Å². The van der Waals surface area contributed by atoms with Crippen molar-refractivity contribution in [1.82, 2.24) is 20.3 Å². The Labute approximate surface area is 165 Å². The van der Waals surface area contributed by atoms with E-state index in [-0.39, 0.29) is 27.4 Å². The van der Waals surface area contributed by atoms with Crippen molar-refractivity contribution in [1.29, 1.82) is 0 Å². The molecule has 1 amide bonds. The minimum atomic E-state index is -0.731. The van der Waals surface area contributed by atoms with Crippen LogP contribution in [0.4, 0.5) is 15.0 Å². The van der Waals surface area contributed by atoms with Crippen LogP contribution in [0.1, 0.15) is 27.2 Å². The van der Waals surface area contributed by atoms with Crippen LogP contribution in [-0.4, -0.2) is 45.3 Å². The smallest absolute Gasteiger partial charge is 0.408 e. The molecule has 27 heavy (non-hydrogen) atoms. The van der Waals surface area contributed by atoms with Crippen molar-refractivity contribution in [2.24, 2.45) is 5.92 Å². The number of ether oxygens (including phenoxy) is 1. The number of nitrogens with zero attached hydrogens (tertiary/aromatic N) is 4. The molecule has 0 bridgehead atoms. The number of hydrogen-bond donors (Lipinski definition) is 1. The summed E-state index contributed by atoms with van der Waals surface area (Å²) in [6, 6.07) is 0. The van der Waals surface area contributed by atoms with Crippen molar-refractivity contribution in [3.63, 3.8) is 0 Å². The predicted molar refractivity (Wildman–Crippen MR) is 99.7 cm³/mol. The van der Waals surface area contributed by atoms with E-state index in [2.05, 4.69) is 20.3 Å². The van der Waals surface area contributed by atoms with Gasteiger partial charge in [0.15, 0.2) is 11.0 Å². The highest BCUT2D eigenvalue weighted by Crippen LogP contribution is 2.51. The van der Waals surface area contributed by atoms with Crippen molar-refractivity contribution in [3.05, 3.63) is 22.5 Å². The molecule has 1 N–H and O–H groups in total. The van der Waals surface area contributed by atoms with Crippen LogP contribution in [0, 0.1) is 11.7 Å². The fourth-order valence-corrected chi connectivity index (χ4v) is 3.88. The largest absolute Gasteiger partial charge is 0.444 e. The Bertz CT molecular complexity index is 951. The van der Waals surface area contributed by atoms with E-state index in [0.717, 1.165) is 6.42 Å². The second-order valence-electron chi connectivity index (χ2n) is 8.01. The molecule has 2 aliphatic rings. The molecule has 7 nitrogen and oxygen atoms in total. The first kappa shape index (κ1) is 18.4. The van der Waals surface area contributed by atoms with Crippen LogP contribution in [0.25, 0.3) is 10.9 Å². The normalized spacial score (nSPS) is 24.1. The third-order valence-electron chi connectivity index (χ3n) is 4.79. The van der Waals surface area contributed by atoms with Gasteiger partial charge in [0.2, 0.25) is 5.28 Å². The Morgan fingerprint density at radius 2 is 2.15 bits per heavy atom. The Morgan fingerprint density at radius 1 is 1.41 bits per heavy atom. The molecule has 0 radical (unpaired) electrons. The van der Waals surface area contributed by atoms with Crippen LogP contribution in [-0.2, 0) is 4.74 Å². The van der Waals surface area contributed by atoms with Crippen molar-refractivity contribution in [2.75, 3.05) is 18.0 Å². The van der Waals surface area contributed by atoms with E-state index in [9.17, 15) is 9.18 Å². The number of pyridine rings is 1. The first-order valence-corrected chi connectivity index (χ1v) is 9.27. The lowest BCUT2D eigenvalue weighted by molar-refractivity contribution is 0.0498. The summed E-state index contributed by atoms with van der Waals surface area (Å²) >= 11 is 11.7. The summed E-state index contributed by atoms with van der Waals surface area (Å²) in [5.41, 5.74) is -0.910. The number of carbonyl (C=O) groups is 1. The van der Waals surface area contributed by atoms with Crippen LogP contribution in [0.5, 0.6) is 0 Å². The maximum atomic E-state index is 14.3. The number of nitrogens with one attached hydrogen (secondary N) is 1. The standard InChI is InChI=1S/C17H18Cl2FN5O2/c1-16(2,3)27-15(26)24-17-4-8(17)6-25(7-17)13-9-5-21-12(18)10(20)11(9)22-14(19)23-13/h5,8H,4,6-7H2,1-3H3,(H,24,26)/t8-,17-/m1/s1. The molecule has 0 unspecified atom stereocenters. The Kier molecular flexibility index (Phi) is 4.12. The summed E-state index contributed by atoms with van der Waals surface area (Å²) < 4.78 is 19.7. The number of fused-ring (bicyclic) bond motifs is 2. The Hall–Kier alpha value is -1.93. The second-order valence-corrected chi connectivity index (χ2v) is 8.70. The van der Waals surface area contributed by atoms with Crippen LogP contribution >= 0.6 is 23.2 Å². The third-order valence-corrected chi connectivity index (χ3v) is 5.22. The molecule has 0 aromatic carbocycles. The van der Waals surface area contributed by atoms with E-state index >= 15 is 0 Å². The molecule has 4 rings (SSSR count). The van der Waals surface area contributed by atoms with Gasteiger partial charge in [0.1, 0.15) is 16.9 Å². The molecule has 3 heterocycles. The van der Waals surface area contributed by atoms with E-state index in [1.165, 1.54) is 6.20 Å². The molecule has 1 aliphatic carbocycles. The molecule has 0 spiro atoms. The lowest BCUT2D eigenvalue weighted by Gasteiger charge is -2.25. The monoisotopic (exact) mass is 413 g/mol. The molecule has 1 saturated carbocycles. The number of piperidine rings is 1. The predicted octanol–water partition coefficient (Wildman–Crippen LogP) is 3.57. The van der Waals surface area contributed by atoms with Gasteiger partial charge in [-0.1, -0.05) is 11.6 Å². The molecule has 2 atom stereocenters. The number of alkyl carbamates (subject to hydrolysis) is 1. The van der Waals surface area contributed by atoms with Crippen molar-refractivity contribution < 1.29 is 13.9 Å².